The van der Waals surface area contributed by atoms with Crippen LogP contribution in [-0.2, 0) is 33.1 Å². The number of nitrogens with one attached hydrogen (secondary N) is 1. The molecule has 0 amide bonds. The zero-order valence-corrected chi connectivity index (χ0v) is 30.4. The molecule has 14 nitrogen and oxygen atoms in total. The summed E-state index contributed by atoms with van der Waals surface area (Å²) in [6.45, 7) is 10.2. The van der Waals surface area contributed by atoms with Gasteiger partial charge in [0.15, 0.2) is 22.6 Å². The molecule has 276 valence electrons. The highest BCUT2D eigenvalue weighted by Crippen LogP contribution is 2.29. The number of sulfonamides is 2. The number of benzene rings is 2. The van der Waals surface area contributed by atoms with E-state index in [1.807, 2.05) is 42.5 Å². The minimum atomic E-state index is -3.46. The van der Waals surface area contributed by atoms with Gasteiger partial charge in [-0.2, -0.15) is 0 Å². The Morgan fingerprint density at radius 2 is 1.08 bits per heavy atom. The molecule has 4 heterocycles. The maximum atomic E-state index is 11.6. The summed E-state index contributed by atoms with van der Waals surface area (Å²) in [6, 6.07) is 15.9. The monoisotopic (exact) mass is 758 g/mol. The molecule has 0 fully saturated rings. The number of rotatable bonds is 8. The van der Waals surface area contributed by atoms with Crippen LogP contribution in [0.5, 0.6) is 0 Å². The Kier molecular flexibility index (Phi) is 15.2. The number of nitrogens with two attached hydrogens (primary N) is 1. The van der Waals surface area contributed by atoms with Gasteiger partial charge in [-0.05, 0) is 36.1 Å². The summed E-state index contributed by atoms with van der Waals surface area (Å²) in [5, 5.41) is 4.71. The Morgan fingerprint density at radius 1 is 0.686 bits per heavy atom. The third-order valence-electron chi connectivity index (χ3n) is 6.46. The van der Waals surface area contributed by atoms with Crippen molar-refractivity contribution in [3.05, 3.63) is 78.5 Å². The Labute approximate surface area is 305 Å². The molecule has 6 rings (SSSR count). The van der Waals surface area contributed by atoms with Gasteiger partial charge in [-0.3, -0.25) is 4.72 Å². The van der Waals surface area contributed by atoms with Crippen molar-refractivity contribution < 1.29 is 16.8 Å². The number of aromatic nitrogens is 8. The third kappa shape index (κ3) is 12.1. The molecule has 51 heavy (non-hydrogen) atoms. The normalized spacial score (nSPS) is 11.3. The lowest BCUT2D eigenvalue weighted by Crippen LogP contribution is -2.14. The molecule has 0 aliphatic rings. The first-order valence-corrected chi connectivity index (χ1v) is 19.4. The first-order chi connectivity index (χ1) is 23.0. The van der Waals surface area contributed by atoms with E-state index in [0.717, 1.165) is 53.5 Å². The van der Waals surface area contributed by atoms with Crippen molar-refractivity contribution in [2.45, 2.75) is 55.6 Å². The van der Waals surface area contributed by atoms with Crippen molar-refractivity contribution in [2.75, 3.05) is 17.2 Å². The third-order valence-corrected chi connectivity index (χ3v) is 7.30. The fourth-order valence-electron chi connectivity index (χ4n) is 4.84. The zero-order valence-electron chi connectivity index (χ0n) is 28.0. The van der Waals surface area contributed by atoms with Crippen molar-refractivity contribution >= 4 is 59.5 Å². The standard InChI is InChI=1S/C16H19N5O2S.C15H15ClN4.CH5NO2S.2CH4/c1-11(2)10-21-13-7-5-4-6-12(13)19-16(21)14-15(18-9-8-17-14)20-24(3,22)23;1-10(2)9-20-12-6-4-3-5-11(12)19-15(20)13-14(16)18-8-7-17-13;1-5(2,3)4;;/h4-9,11H,10H2,1-3H3,(H,18,20);3-8,10H,9H2,1-2H3;1H3,(H2,2,3,4);2*1H4. The number of halogens is 1. The van der Waals surface area contributed by atoms with Crippen LogP contribution in [0, 0.1) is 11.8 Å². The number of fused-ring (bicyclic) bond motifs is 2. The fraction of sp³-hybridized carbons (Fsp3) is 0.353. The van der Waals surface area contributed by atoms with Crippen LogP contribution >= 0.6 is 11.6 Å². The average molecular weight is 759 g/mol. The molecule has 0 radical (unpaired) electrons. The van der Waals surface area contributed by atoms with Crippen molar-refractivity contribution in [3.8, 4) is 23.0 Å². The second-order valence-corrected chi connectivity index (χ2v) is 15.8. The topological polar surface area (TPSA) is 194 Å². The van der Waals surface area contributed by atoms with E-state index < -0.39 is 20.0 Å². The molecule has 0 saturated carbocycles. The first-order valence-electron chi connectivity index (χ1n) is 15.2. The summed E-state index contributed by atoms with van der Waals surface area (Å²) in [5.74, 6) is 2.45. The van der Waals surface area contributed by atoms with E-state index in [1.54, 1.807) is 12.4 Å². The highest BCUT2D eigenvalue weighted by Gasteiger charge is 2.20. The van der Waals surface area contributed by atoms with Gasteiger partial charge in [0.25, 0.3) is 0 Å². The summed E-state index contributed by atoms with van der Waals surface area (Å²) in [6.07, 6.45) is 8.23. The van der Waals surface area contributed by atoms with Gasteiger partial charge in [0.1, 0.15) is 11.4 Å². The van der Waals surface area contributed by atoms with Crippen LogP contribution in [0.3, 0.4) is 0 Å². The predicted octanol–water partition coefficient (Wildman–Crippen LogP) is 6.50. The molecule has 3 N–H and O–H groups in total. The van der Waals surface area contributed by atoms with Crippen LogP contribution in [0.4, 0.5) is 5.82 Å². The van der Waals surface area contributed by atoms with Crippen LogP contribution in [0.25, 0.3) is 45.1 Å². The Bertz CT molecular complexity index is 2260. The SMILES string of the molecule is C.C.CC(C)Cn1c(-c2nccnc2Cl)nc2ccccc21.CC(C)Cn1c(-c2nccnc2NS(C)(=O)=O)nc2ccccc21.CS(N)(=O)=O. The predicted molar refractivity (Wildman–Crippen MR) is 207 cm³/mol. The summed E-state index contributed by atoms with van der Waals surface area (Å²) < 4.78 is 48.7. The minimum absolute atomic E-state index is 0. The van der Waals surface area contributed by atoms with Gasteiger partial charge in [0, 0.05) is 37.9 Å². The Morgan fingerprint density at radius 3 is 1.51 bits per heavy atom. The van der Waals surface area contributed by atoms with Crippen LogP contribution in [0.15, 0.2) is 73.3 Å². The summed E-state index contributed by atoms with van der Waals surface area (Å²) in [5.41, 5.74) is 4.91. The minimum Gasteiger partial charge on any atom is -0.322 e. The molecule has 0 bridgehead atoms. The zero-order chi connectivity index (χ0) is 35.9. The van der Waals surface area contributed by atoms with E-state index in [-0.39, 0.29) is 20.7 Å². The molecular weight excluding hydrogens is 712 g/mol. The van der Waals surface area contributed by atoms with Crippen LogP contribution in [-0.4, -0.2) is 68.4 Å². The Balaban J connectivity index is 0.000000305. The number of nitrogens with zero attached hydrogens (tertiary/aromatic N) is 8. The molecular formula is C34H47ClN10O4S2. The molecule has 2 aromatic carbocycles. The summed E-state index contributed by atoms with van der Waals surface area (Å²) >= 11 is 6.17. The lowest BCUT2D eigenvalue weighted by Gasteiger charge is -2.13. The van der Waals surface area contributed by atoms with Crippen molar-refractivity contribution in [1.82, 2.24) is 39.0 Å². The van der Waals surface area contributed by atoms with E-state index >= 15 is 0 Å². The molecule has 0 aliphatic heterocycles. The number of primary sulfonamides is 1. The van der Waals surface area contributed by atoms with E-state index in [2.05, 4.69) is 82.7 Å². The number of hydrogen-bond donors (Lipinski definition) is 2. The van der Waals surface area contributed by atoms with Gasteiger partial charge < -0.3 is 9.13 Å². The van der Waals surface area contributed by atoms with Crippen molar-refractivity contribution in [2.24, 2.45) is 17.0 Å². The molecule has 6 aromatic rings. The van der Waals surface area contributed by atoms with E-state index in [1.165, 1.54) is 12.4 Å². The summed E-state index contributed by atoms with van der Waals surface area (Å²) in [7, 11) is -6.63. The molecule has 17 heteroatoms. The number of anilines is 1. The van der Waals surface area contributed by atoms with Gasteiger partial charge in [-0.1, -0.05) is 78.4 Å². The van der Waals surface area contributed by atoms with Crippen LogP contribution in [0.2, 0.25) is 5.15 Å². The maximum Gasteiger partial charge on any atom is 0.231 e. The van der Waals surface area contributed by atoms with Gasteiger partial charge in [-0.25, -0.2) is 51.9 Å². The van der Waals surface area contributed by atoms with Crippen molar-refractivity contribution in [3.63, 3.8) is 0 Å². The maximum absolute atomic E-state index is 11.6. The van der Waals surface area contributed by atoms with E-state index in [9.17, 15) is 16.8 Å². The lowest BCUT2D eigenvalue weighted by atomic mass is 10.2. The fourth-order valence-corrected chi connectivity index (χ4v) is 5.53. The van der Waals surface area contributed by atoms with Gasteiger partial charge >= 0.3 is 0 Å². The first kappa shape index (κ1) is 42.7. The second-order valence-electron chi connectivity index (χ2n) is 12.0. The number of imidazole rings is 2. The molecule has 0 spiro atoms. The van der Waals surface area contributed by atoms with Crippen LogP contribution < -0.4 is 9.86 Å². The largest absolute Gasteiger partial charge is 0.322 e. The molecule has 0 aliphatic carbocycles. The lowest BCUT2D eigenvalue weighted by molar-refractivity contribution is 0.536. The Hall–Kier alpha value is -4.51. The van der Waals surface area contributed by atoms with E-state index in [0.29, 0.717) is 34.2 Å². The summed E-state index contributed by atoms with van der Waals surface area (Å²) in [4.78, 5) is 26.2. The van der Waals surface area contributed by atoms with Crippen molar-refractivity contribution in [1.29, 1.82) is 0 Å². The van der Waals surface area contributed by atoms with Gasteiger partial charge in [0.05, 0.1) is 34.6 Å². The number of para-hydroxylation sites is 4. The number of hydrogen-bond acceptors (Lipinski definition) is 10. The van der Waals surface area contributed by atoms with Gasteiger partial charge in [0.2, 0.25) is 20.0 Å². The highest BCUT2D eigenvalue weighted by molar-refractivity contribution is 7.92. The molecule has 0 atom stereocenters. The molecule has 4 aromatic heterocycles. The molecule has 0 saturated heterocycles. The smallest absolute Gasteiger partial charge is 0.231 e. The molecule has 0 unspecified atom stereocenters. The highest BCUT2D eigenvalue weighted by atomic mass is 35.5. The van der Waals surface area contributed by atoms with E-state index in [4.69, 9.17) is 11.6 Å². The second kappa shape index (κ2) is 18.1. The van der Waals surface area contributed by atoms with Crippen LogP contribution in [0.1, 0.15) is 42.5 Å². The average Bonchev–Trinajstić information content (AvgIpc) is 3.54. The quantitative estimate of drug-likeness (QED) is 0.173. The van der Waals surface area contributed by atoms with Gasteiger partial charge in [-0.15, -0.1) is 0 Å².